The third kappa shape index (κ3) is 2.30. The van der Waals surface area contributed by atoms with Crippen LogP contribution in [-0.4, -0.2) is 13.6 Å². The maximum absolute atomic E-state index is 5.86. The summed E-state index contributed by atoms with van der Waals surface area (Å²) >= 11 is 0. The molecule has 0 fully saturated rings. The van der Waals surface area contributed by atoms with E-state index in [2.05, 4.69) is 45.1 Å². The largest absolute Gasteiger partial charge is 0.464 e. The molecule has 0 unspecified atom stereocenters. The number of nitrogens with one attached hydrogen (secondary N) is 1. The second-order valence-electron chi connectivity index (χ2n) is 6.00. The number of rotatable bonds is 3. The second kappa shape index (κ2) is 4.77. The van der Waals surface area contributed by atoms with Gasteiger partial charge < -0.3 is 9.73 Å². The highest BCUT2D eigenvalue weighted by Gasteiger charge is 2.21. The molecule has 1 aromatic carbocycles. The van der Waals surface area contributed by atoms with Crippen LogP contribution in [0.25, 0.3) is 11.0 Å². The maximum Gasteiger partial charge on any atom is 0.138 e. The lowest BCUT2D eigenvalue weighted by Crippen LogP contribution is -2.12. The first-order valence-corrected chi connectivity index (χ1v) is 6.60. The highest BCUT2D eigenvalue weighted by Crippen LogP contribution is 2.34. The summed E-state index contributed by atoms with van der Waals surface area (Å²) in [5, 5.41) is 4.50. The van der Waals surface area contributed by atoms with Gasteiger partial charge in [0.1, 0.15) is 5.58 Å². The minimum atomic E-state index is 0.115. The number of aryl methyl sites for hydroxylation is 1. The van der Waals surface area contributed by atoms with Gasteiger partial charge in [0.05, 0.1) is 6.26 Å². The van der Waals surface area contributed by atoms with Crippen LogP contribution in [0.1, 0.15) is 37.5 Å². The van der Waals surface area contributed by atoms with Gasteiger partial charge in [0.25, 0.3) is 0 Å². The molecule has 2 aromatic rings. The normalized spacial score (nSPS) is 12.3. The van der Waals surface area contributed by atoms with E-state index in [0.717, 1.165) is 18.5 Å². The molecule has 2 heteroatoms. The van der Waals surface area contributed by atoms with E-state index in [1.807, 2.05) is 13.3 Å². The summed E-state index contributed by atoms with van der Waals surface area (Å²) in [4.78, 5) is 0. The van der Waals surface area contributed by atoms with E-state index in [0.29, 0.717) is 0 Å². The third-order valence-electron chi connectivity index (χ3n) is 3.46. The van der Waals surface area contributed by atoms with E-state index in [-0.39, 0.29) is 5.41 Å². The van der Waals surface area contributed by atoms with E-state index >= 15 is 0 Å². The summed E-state index contributed by atoms with van der Waals surface area (Å²) in [7, 11) is 1.98. The van der Waals surface area contributed by atoms with Gasteiger partial charge in [0, 0.05) is 10.9 Å². The Morgan fingerprint density at radius 2 is 1.94 bits per heavy atom. The van der Waals surface area contributed by atoms with Crippen molar-refractivity contribution in [2.45, 2.75) is 39.5 Å². The highest BCUT2D eigenvalue weighted by molar-refractivity contribution is 5.87. The van der Waals surface area contributed by atoms with Crippen LogP contribution < -0.4 is 5.32 Å². The number of furan rings is 1. The Kier molecular flexibility index (Phi) is 3.49. The summed E-state index contributed by atoms with van der Waals surface area (Å²) in [5.74, 6) is 0. The van der Waals surface area contributed by atoms with Gasteiger partial charge in [-0.1, -0.05) is 32.9 Å². The van der Waals surface area contributed by atoms with E-state index < -0.39 is 0 Å². The Bertz CT molecular complexity index is 546. The number of benzene rings is 1. The summed E-state index contributed by atoms with van der Waals surface area (Å²) in [5.41, 5.74) is 5.08. The summed E-state index contributed by atoms with van der Waals surface area (Å²) in [6.07, 6.45) is 2.93. The molecule has 0 spiro atoms. The Balaban J connectivity index is 2.59. The predicted octanol–water partition coefficient (Wildman–Crippen LogP) is 3.80. The number of hydrogen-bond acceptors (Lipinski definition) is 2. The molecule has 0 bridgehead atoms. The van der Waals surface area contributed by atoms with Gasteiger partial charge in [-0.3, -0.25) is 0 Å². The third-order valence-corrected chi connectivity index (χ3v) is 3.46. The fourth-order valence-corrected chi connectivity index (χ4v) is 2.43. The zero-order chi connectivity index (χ0) is 13.3. The van der Waals surface area contributed by atoms with Gasteiger partial charge in [0.15, 0.2) is 0 Å². The summed E-state index contributed by atoms with van der Waals surface area (Å²) in [6, 6.07) is 4.41. The van der Waals surface area contributed by atoms with Crippen molar-refractivity contribution in [3.05, 3.63) is 35.1 Å². The van der Waals surface area contributed by atoms with Crippen molar-refractivity contribution >= 4 is 11.0 Å². The molecule has 2 nitrogen and oxygen atoms in total. The SMILES string of the molecule is CNCCc1coc2c(C(C)(C)C)ccc(C)c12. The molecule has 0 saturated carbocycles. The Morgan fingerprint density at radius 1 is 1.22 bits per heavy atom. The van der Waals surface area contributed by atoms with Crippen molar-refractivity contribution < 1.29 is 4.42 Å². The van der Waals surface area contributed by atoms with Crippen LogP contribution in [0, 0.1) is 6.92 Å². The second-order valence-corrected chi connectivity index (χ2v) is 6.00. The Morgan fingerprint density at radius 3 is 2.56 bits per heavy atom. The monoisotopic (exact) mass is 245 g/mol. The standard InChI is InChI=1S/C16H23NO/c1-11-6-7-13(16(2,3)4)15-14(11)12(10-18-15)8-9-17-5/h6-7,10,17H,8-9H2,1-5H3. The van der Waals surface area contributed by atoms with Crippen molar-refractivity contribution in [3.8, 4) is 0 Å². The smallest absolute Gasteiger partial charge is 0.138 e. The van der Waals surface area contributed by atoms with Crippen LogP contribution in [0.3, 0.4) is 0 Å². The van der Waals surface area contributed by atoms with Crippen LogP contribution in [0.4, 0.5) is 0 Å². The van der Waals surface area contributed by atoms with Gasteiger partial charge in [-0.2, -0.15) is 0 Å². The lowest BCUT2D eigenvalue weighted by atomic mass is 9.85. The molecule has 0 aliphatic rings. The van der Waals surface area contributed by atoms with Gasteiger partial charge in [-0.25, -0.2) is 0 Å². The molecule has 0 atom stereocenters. The topological polar surface area (TPSA) is 25.2 Å². The highest BCUT2D eigenvalue weighted by atomic mass is 16.3. The summed E-state index contributed by atoms with van der Waals surface area (Å²) < 4.78 is 5.86. The Labute approximate surface area is 109 Å². The minimum Gasteiger partial charge on any atom is -0.464 e. The van der Waals surface area contributed by atoms with Crippen molar-refractivity contribution in [1.82, 2.24) is 5.32 Å². The maximum atomic E-state index is 5.86. The first-order valence-electron chi connectivity index (χ1n) is 6.60. The van der Waals surface area contributed by atoms with Gasteiger partial charge in [-0.15, -0.1) is 0 Å². The lowest BCUT2D eigenvalue weighted by Gasteiger charge is -2.19. The zero-order valence-corrected chi connectivity index (χ0v) is 12.1. The number of likely N-dealkylation sites (N-methyl/N-ethyl adjacent to an activating group) is 1. The molecule has 0 aliphatic heterocycles. The lowest BCUT2D eigenvalue weighted by molar-refractivity contribution is 0.557. The first kappa shape index (κ1) is 13.2. The quantitative estimate of drug-likeness (QED) is 0.889. The molecule has 0 amide bonds. The summed E-state index contributed by atoms with van der Waals surface area (Å²) in [6.45, 7) is 9.83. The molecule has 0 aliphatic carbocycles. The number of hydrogen-bond donors (Lipinski definition) is 1. The molecule has 0 radical (unpaired) electrons. The van der Waals surface area contributed by atoms with Gasteiger partial charge in [-0.05, 0) is 43.5 Å². The van der Waals surface area contributed by atoms with Gasteiger partial charge in [0.2, 0.25) is 0 Å². The zero-order valence-electron chi connectivity index (χ0n) is 12.1. The molecule has 1 heterocycles. The molecular formula is C16H23NO. The van der Waals surface area contributed by atoms with Crippen LogP contribution in [-0.2, 0) is 11.8 Å². The average molecular weight is 245 g/mol. The average Bonchev–Trinajstić information content (AvgIpc) is 2.69. The van der Waals surface area contributed by atoms with Crippen LogP contribution in [0.2, 0.25) is 0 Å². The molecule has 18 heavy (non-hydrogen) atoms. The fourth-order valence-electron chi connectivity index (χ4n) is 2.43. The van der Waals surface area contributed by atoms with Crippen LogP contribution in [0.15, 0.2) is 22.8 Å². The van der Waals surface area contributed by atoms with Crippen molar-refractivity contribution in [1.29, 1.82) is 0 Å². The molecular weight excluding hydrogens is 222 g/mol. The van der Waals surface area contributed by atoms with Crippen molar-refractivity contribution in [2.24, 2.45) is 0 Å². The predicted molar refractivity (Wildman–Crippen MR) is 77.3 cm³/mol. The van der Waals surface area contributed by atoms with Crippen LogP contribution in [0.5, 0.6) is 0 Å². The minimum absolute atomic E-state index is 0.115. The molecule has 0 saturated heterocycles. The van der Waals surface area contributed by atoms with Crippen molar-refractivity contribution in [3.63, 3.8) is 0 Å². The molecule has 1 N–H and O–H groups in total. The van der Waals surface area contributed by atoms with E-state index in [1.165, 1.54) is 22.1 Å². The van der Waals surface area contributed by atoms with E-state index in [9.17, 15) is 0 Å². The van der Waals surface area contributed by atoms with E-state index in [1.54, 1.807) is 0 Å². The van der Waals surface area contributed by atoms with Crippen LogP contribution >= 0.6 is 0 Å². The van der Waals surface area contributed by atoms with E-state index in [4.69, 9.17) is 4.42 Å². The number of fused-ring (bicyclic) bond motifs is 1. The Hall–Kier alpha value is -1.28. The molecule has 98 valence electrons. The van der Waals surface area contributed by atoms with Gasteiger partial charge >= 0.3 is 0 Å². The first-order chi connectivity index (χ1) is 8.45. The van der Waals surface area contributed by atoms with Crippen molar-refractivity contribution in [2.75, 3.05) is 13.6 Å². The molecule has 1 aromatic heterocycles. The fraction of sp³-hybridized carbons (Fsp3) is 0.500. The molecule has 2 rings (SSSR count).